The van der Waals surface area contributed by atoms with Gasteiger partial charge >= 0.3 is 0 Å². The lowest BCUT2D eigenvalue weighted by Crippen LogP contribution is -2.35. The van der Waals surface area contributed by atoms with Crippen molar-refractivity contribution in [2.24, 2.45) is 0 Å². The van der Waals surface area contributed by atoms with Crippen molar-refractivity contribution >= 4 is 22.8 Å². The Morgan fingerprint density at radius 1 is 1.20 bits per heavy atom. The summed E-state index contributed by atoms with van der Waals surface area (Å²) in [6.07, 6.45) is 0. The fourth-order valence-electron chi connectivity index (χ4n) is 2.33. The van der Waals surface area contributed by atoms with Crippen molar-refractivity contribution in [3.63, 3.8) is 0 Å². The quantitative estimate of drug-likeness (QED) is 0.810. The Balaban J connectivity index is 1.80. The molecule has 2 aromatic rings. The molecule has 0 radical (unpaired) electrons. The third kappa shape index (κ3) is 2.76. The lowest BCUT2D eigenvalue weighted by Gasteiger charge is -2.27. The van der Waals surface area contributed by atoms with Crippen LogP contribution in [0.25, 0.3) is 10.4 Å². The molecule has 3 nitrogen and oxygen atoms in total. The van der Waals surface area contributed by atoms with Crippen LogP contribution in [0.4, 0.5) is 5.69 Å². The summed E-state index contributed by atoms with van der Waals surface area (Å²) in [6.45, 7) is 5.12. The molecule has 1 aliphatic heterocycles. The minimum Gasteiger partial charge on any atom is -0.378 e. The molecule has 1 fully saturated rings. The largest absolute Gasteiger partial charge is 0.378 e. The van der Waals surface area contributed by atoms with Crippen LogP contribution in [0.5, 0.6) is 0 Å². The molecule has 0 amide bonds. The van der Waals surface area contributed by atoms with Gasteiger partial charge in [0, 0.05) is 34.6 Å². The second-order valence-corrected chi connectivity index (χ2v) is 5.81. The second-order valence-electron chi connectivity index (χ2n) is 4.90. The molecule has 1 saturated heterocycles. The normalized spacial score (nSPS) is 15.3. The maximum Gasteiger partial charge on any atom is 0.159 e. The molecule has 4 heteroatoms. The number of nitrogens with zero attached hydrogens (tertiary/aromatic N) is 1. The van der Waals surface area contributed by atoms with E-state index in [1.54, 1.807) is 18.3 Å². The van der Waals surface area contributed by atoms with Crippen LogP contribution in [0.1, 0.15) is 17.3 Å². The lowest BCUT2D eigenvalue weighted by molar-refractivity contribution is 0.101. The Morgan fingerprint density at radius 3 is 2.55 bits per heavy atom. The third-order valence-corrected chi connectivity index (χ3v) is 4.50. The van der Waals surface area contributed by atoms with Crippen molar-refractivity contribution in [1.82, 2.24) is 0 Å². The van der Waals surface area contributed by atoms with Crippen molar-refractivity contribution < 1.29 is 9.53 Å². The molecule has 0 bridgehead atoms. The average Bonchev–Trinajstić information content (AvgIpc) is 2.98. The van der Waals surface area contributed by atoms with Crippen LogP contribution >= 0.6 is 11.3 Å². The number of hydrogen-bond donors (Lipinski definition) is 0. The van der Waals surface area contributed by atoms with E-state index in [-0.39, 0.29) is 5.78 Å². The summed E-state index contributed by atoms with van der Waals surface area (Å²) in [7, 11) is 0. The molecule has 0 atom stereocenters. The first kappa shape index (κ1) is 13.3. The highest BCUT2D eigenvalue weighted by atomic mass is 32.1. The van der Waals surface area contributed by atoms with E-state index < -0.39 is 0 Å². The van der Waals surface area contributed by atoms with Crippen molar-refractivity contribution in [3.8, 4) is 10.4 Å². The van der Waals surface area contributed by atoms with Gasteiger partial charge in [0.15, 0.2) is 5.78 Å². The number of carbonyl (C=O) groups excluding carboxylic acids is 1. The van der Waals surface area contributed by atoms with Crippen molar-refractivity contribution in [2.45, 2.75) is 6.92 Å². The zero-order valence-electron chi connectivity index (χ0n) is 11.5. The molecule has 0 saturated carbocycles. The van der Waals surface area contributed by atoms with Crippen LogP contribution in [0.2, 0.25) is 0 Å². The highest BCUT2D eigenvalue weighted by Gasteiger charge is 2.13. The number of anilines is 1. The first-order valence-electron chi connectivity index (χ1n) is 6.76. The molecule has 0 aliphatic carbocycles. The molecule has 1 aliphatic rings. The number of ketones is 1. The fourth-order valence-corrected chi connectivity index (χ4v) is 3.26. The zero-order chi connectivity index (χ0) is 13.9. The van der Waals surface area contributed by atoms with Gasteiger partial charge < -0.3 is 9.64 Å². The van der Waals surface area contributed by atoms with Crippen LogP contribution < -0.4 is 4.90 Å². The highest BCUT2D eigenvalue weighted by Crippen LogP contribution is 2.32. The van der Waals surface area contributed by atoms with Gasteiger partial charge in [-0.1, -0.05) is 24.3 Å². The maximum absolute atomic E-state index is 11.3. The van der Waals surface area contributed by atoms with E-state index in [1.807, 2.05) is 24.3 Å². The smallest absolute Gasteiger partial charge is 0.159 e. The SMILES string of the molecule is CC(=O)c1ccc(-c2cc(N3CCOCC3)cs2)cc1. The molecule has 0 spiro atoms. The number of ether oxygens (including phenoxy) is 1. The summed E-state index contributed by atoms with van der Waals surface area (Å²) < 4.78 is 5.38. The molecule has 1 aromatic heterocycles. The summed E-state index contributed by atoms with van der Waals surface area (Å²) >= 11 is 1.74. The van der Waals surface area contributed by atoms with Gasteiger partial charge in [-0.25, -0.2) is 0 Å². The maximum atomic E-state index is 11.3. The first-order valence-corrected chi connectivity index (χ1v) is 7.64. The minimum absolute atomic E-state index is 0.108. The molecule has 20 heavy (non-hydrogen) atoms. The second kappa shape index (κ2) is 5.77. The summed E-state index contributed by atoms with van der Waals surface area (Å²) in [4.78, 5) is 14.9. The zero-order valence-corrected chi connectivity index (χ0v) is 12.3. The van der Waals surface area contributed by atoms with Crippen LogP contribution in [0.3, 0.4) is 0 Å². The lowest BCUT2D eigenvalue weighted by atomic mass is 10.1. The third-order valence-electron chi connectivity index (χ3n) is 3.54. The monoisotopic (exact) mass is 287 g/mol. The van der Waals surface area contributed by atoms with Gasteiger partial charge in [0.25, 0.3) is 0 Å². The topological polar surface area (TPSA) is 29.5 Å². The van der Waals surface area contributed by atoms with Crippen molar-refractivity contribution in [1.29, 1.82) is 0 Å². The molecule has 0 unspecified atom stereocenters. The van der Waals surface area contributed by atoms with Gasteiger partial charge in [0.2, 0.25) is 0 Å². The molecule has 104 valence electrons. The first-order chi connectivity index (χ1) is 9.74. The summed E-state index contributed by atoms with van der Waals surface area (Å²) in [5, 5.41) is 2.19. The van der Waals surface area contributed by atoms with E-state index in [0.717, 1.165) is 31.9 Å². The van der Waals surface area contributed by atoms with Gasteiger partial charge in [-0.15, -0.1) is 11.3 Å². The number of benzene rings is 1. The molecule has 1 aromatic carbocycles. The van der Waals surface area contributed by atoms with E-state index in [0.29, 0.717) is 0 Å². The Morgan fingerprint density at radius 2 is 1.90 bits per heavy atom. The predicted octanol–water partition coefficient (Wildman–Crippen LogP) is 3.45. The van der Waals surface area contributed by atoms with E-state index >= 15 is 0 Å². The van der Waals surface area contributed by atoms with Gasteiger partial charge in [0.1, 0.15) is 0 Å². The van der Waals surface area contributed by atoms with Gasteiger partial charge in [-0.3, -0.25) is 4.79 Å². The fraction of sp³-hybridized carbons (Fsp3) is 0.312. The molecule has 2 heterocycles. The number of carbonyl (C=O) groups is 1. The minimum atomic E-state index is 0.108. The number of morpholine rings is 1. The standard InChI is InChI=1S/C16H17NO2S/c1-12(18)13-2-4-14(5-3-13)16-10-15(11-20-16)17-6-8-19-9-7-17/h2-5,10-11H,6-9H2,1H3. The Bertz CT molecular complexity index is 597. The number of Topliss-reactive ketones (excluding diaryl/α,β-unsaturated/α-hetero) is 1. The average molecular weight is 287 g/mol. The summed E-state index contributed by atoms with van der Waals surface area (Å²) in [6, 6.07) is 10.0. The van der Waals surface area contributed by atoms with E-state index in [4.69, 9.17) is 4.74 Å². The Hall–Kier alpha value is -1.65. The number of thiophene rings is 1. The van der Waals surface area contributed by atoms with Crippen LogP contribution in [0.15, 0.2) is 35.7 Å². The van der Waals surface area contributed by atoms with Crippen molar-refractivity contribution in [3.05, 3.63) is 41.3 Å². The van der Waals surface area contributed by atoms with Gasteiger partial charge in [-0.2, -0.15) is 0 Å². The van der Waals surface area contributed by atoms with E-state index in [1.165, 1.54) is 16.1 Å². The van der Waals surface area contributed by atoms with Gasteiger partial charge in [-0.05, 0) is 18.6 Å². The van der Waals surface area contributed by atoms with E-state index in [2.05, 4.69) is 16.3 Å². The Labute approximate surface area is 122 Å². The van der Waals surface area contributed by atoms with Gasteiger partial charge in [0.05, 0.1) is 13.2 Å². The number of rotatable bonds is 3. The predicted molar refractivity (Wildman–Crippen MR) is 82.8 cm³/mol. The molecular weight excluding hydrogens is 270 g/mol. The van der Waals surface area contributed by atoms with Crippen LogP contribution in [-0.2, 0) is 4.74 Å². The summed E-state index contributed by atoms with van der Waals surface area (Å²) in [5.41, 5.74) is 3.20. The van der Waals surface area contributed by atoms with E-state index in [9.17, 15) is 4.79 Å². The molecule has 3 rings (SSSR count). The van der Waals surface area contributed by atoms with Crippen LogP contribution in [0, 0.1) is 0 Å². The Kier molecular flexibility index (Phi) is 3.85. The summed E-state index contributed by atoms with van der Waals surface area (Å²) in [5.74, 6) is 0.108. The molecular formula is C16H17NO2S. The highest BCUT2D eigenvalue weighted by molar-refractivity contribution is 7.14. The van der Waals surface area contributed by atoms with Crippen LogP contribution in [-0.4, -0.2) is 32.1 Å². The van der Waals surface area contributed by atoms with Crippen molar-refractivity contribution in [2.75, 3.05) is 31.2 Å². The molecule has 0 N–H and O–H groups in total. The number of hydrogen-bond acceptors (Lipinski definition) is 4.